The molecule has 1 aromatic heterocycles. The van der Waals surface area contributed by atoms with E-state index in [0.717, 1.165) is 39.0 Å². The van der Waals surface area contributed by atoms with Gasteiger partial charge in [0.05, 0.1) is 5.52 Å². The number of primary amides is 1. The van der Waals surface area contributed by atoms with E-state index in [1.807, 2.05) is 66.7 Å². The molecule has 0 aliphatic carbocycles. The second-order valence-electron chi connectivity index (χ2n) is 8.45. The maximum Gasteiger partial charge on any atom is 0.248 e. The van der Waals surface area contributed by atoms with Crippen molar-refractivity contribution >= 4 is 45.8 Å². The number of anilines is 1. The summed E-state index contributed by atoms with van der Waals surface area (Å²) in [6.07, 6.45) is 1.55. The molecule has 5 rings (SSSR count). The Labute approximate surface area is 218 Å². The van der Waals surface area contributed by atoms with E-state index in [9.17, 15) is 4.79 Å². The van der Waals surface area contributed by atoms with Gasteiger partial charge in [0.25, 0.3) is 0 Å². The summed E-state index contributed by atoms with van der Waals surface area (Å²) in [5.74, 6) is 0.255. The van der Waals surface area contributed by atoms with Crippen LogP contribution in [0.2, 0.25) is 10.0 Å². The molecule has 0 radical (unpaired) electrons. The molecular formula is C29H22Cl2N4O. The Kier molecular flexibility index (Phi) is 6.85. The van der Waals surface area contributed by atoms with E-state index in [1.54, 1.807) is 18.5 Å². The highest BCUT2D eigenvalue weighted by molar-refractivity contribution is 6.30. The van der Waals surface area contributed by atoms with Crippen molar-refractivity contribution < 1.29 is 4.79 Å². The minimum atomic E-state index is -0.445. The number of carbonyl (C=O) groups excluding carboxylic acids is 1. The molecule has 7 heteroatoms. The monoisotopic (exact) mass is 512 g/mol. The molecule has 1 heterocycles. The second-order valence-corrected chi connectivity index (χ2v) is 9.32. The molecule has 0 aliphatic heterocycles. The van der Waals surface area contributed by atoms with Crippen molar-refractivity contribution in [1.29, 1.82) is 0 Å². The number of amides is 1. The molecule has 0 aliphatic rings. The van der Waals surface area contributed by atoms with Gasteiger partial charge in [-0.25, -0.2) is 9.97 Å². The zero-order valence-corrected chi connectivity index (χ0v) is 20.7. The van der Waals surface area contributed by atoms with Crippen molar-refractivity contribution in [2.45, 2.75) is 12.5 Å². The molecule has 0 atom stereocenters. The molecule has 5 aromatic rings. The molecule has 36 heavy (non-hydrogen) atoms. The van der Waals surface area contributed by atoms with E-state index in [0.29, 0.717) is 22.2 Å². The van der Waals surface area contributed by atoms with E-state index in [1.165, 1.54) is 0 Å². The summed E-state index contributed by atoms with van der Waals surface area (Å²) >= 11 is 12.3. The van der Waals surface area contributed by atoms with Crippen molar-refractivity contribution in [3.8, 4) is 0 Å². The van der Waals surface area contributed by atoms with E-state index < -0.39 is 5.91 Å². The molecule has 0 fully saturated rings. The topological polar surface area (TPSA) is 80.9 Å². The van der Waals surface area contributed by atoms with Gasteiger partial charge in [-0.3, -0.25) is 4.79 Å². The number of hydrogen-bond acceptors (Lipinski definition) is 4. The first-order chi connectivity index (χ1) is 17.5. The summed E-state index contributed by atoms with van der Waals surface area (Å²) in [4.78, 5) is 20.3. The number of aromatic nitrogens is 2. The lowest BCUT2D eigenvalue weighted by molar-refractivity contribution is 0.100. The van der Waals surface area contributed by atoms with E-state index in [4.69, 9.17) is 28.9 Å². The SMILES string of the molecule is NC(=O)c1ccc(CNc2ncnc3ccc(C(c4ccc(Cl)cc4)c4ccc(Cl)cc4)cc23)cc1. The van der Waals surface area contributed by atoms with Crippen molar-refractivity contribution in [2.24, 2.45) is 5.73 Å². The zero-order chi connectivity index (χ0) is 25.1. The summed E-state index contributed by atoms with van der Waals surface area (Å²) in [5, 5.41) is 5.71. The number of benzene rings is 4. The molecular weight excluding hydrogens is 491 g/mol. The minimum Gasteiger partial charge on any atom is -0.366 e. The second kappa shape index (κ2) is 10.4. The van der Waals surface area contributed by atoms with Crippen LogP contribution in [0, 0.1) is 0 Å². The third-order valence-electron chi connectivity index (χ3n) is 6.10. The first-order valence-corrected chi connectivity index (χ1v) is 12.1. The van der Waals surface area contributed by atoms with Crippen molar-refractivity contribution in [1.82, 2.24) is 9.97 Å². The van der Waals surface area contributed by atoms with Gasteiger partial charge in [0, 0.05) is 33.5 Å². The summed E-state index contributed by atoms with van der Waals surface area (Å²) in [5.41, 5.74) is 11.0. The molecule has 0 unspecified atom stereocenters. The predicted molar refractivity (Wildman–Crippen MR) is 146 cm³/mol. The molecule has 0 saturated carbocycles. The fourth-order valence-corrected chi connectivity index (χ4v) is 4.51. The third-order valence-corrected chi connectivity index (χ3v) is 6.60. The number of nitrogens with two attached hydrogens (primary N) is 1. The maximum absolute atomic E-state index is 11.3. The molecule has 0 saturated heterocycles. The number of hydrogen-bond donors (Lipinski definition) is 2. The van der Waals surface area contributed by atoms with Crippen molar-refractivity contribution in [3.05, 3.63) is 135 Å². The Morgan fingerprint density at radius 3 is 1.94 bits per heavy atom. The van der Waals surface area contributed by atoms with Crippen molar-refractivity contribution in [3.63, 3.8) is 0 Å². The standard InChI is InChI=1S/C29H22Cl2N4O/c30-23-10-5-19(6-11-23)27(20-7-12-24(31)13-8-20)22-9-14-26-25(15-22)29(35-17-34-26)33-16-18-1-3-21(4-2-18)28(32)36/h1-15,17,27H,16H2,(H2,32,36)(H,33,34,35). The van der Waals surface area contributed by atoms with Gasteiger partial charge in [-0.1, -0.05) is 65.7 Å². The largest absolute Gasteiger partial charge is 0.366 e. The Morgan fingerprint density at radius 2 is 1.36 bits per heavy atom. The van der Waals surface area contributed by atoms with Gasteiger partial charge in [0.1, 0.15) is 12.1 Å². The predicted octanol–water partition coefficient (Wildman–Crippen LogP) is 6.83. The average Bonchev–Trinajstić information content (AvgIpc) is 2.90. The highest BCUT2D eigenvalue weighted by Crippen LogP contribution is 2.35. The number of nitrogens with one attached hydrogen (secondary N) is 1. The van der Waals surface area contributed by atoms with Crippen LogP contribution in [-0.4, -0.2) is 15.9 Å². The van der Waals surface area contributed by atoms with Gasteiger partial charge in [-0.05, 0) is 70.8 Å². The average molecular weight is 513 g/mol. The Bertz CT molecular complexity index is 1470. The molecule has 178 valence electrons. The highest BCUT2D eigenvalue weighted by Gasteiger charge is 2.18. The van der Waals surface area contributed by atoms with Crippen LogP contribution in [0.25, 0.3) is 10.9 Å². The number of carbonyl (C=O) groups is 1. The van der Waals surface area contributed by atoms with Gasteiger partial charge in [-0.15, -0.1) is 0 Å². The first kappa shape index (κ1) is 23.8. The molecule has 0 spiro atoms. The van der Waals surface area contributed by atoms with Crippen LogP contribution in [0.3, 0.4) is 0 Å². The first-order valence-electron chi connectivity index (χ1n) is 11.4. The highest BCUT2D eigenvalue weighted by atomic mass is 35.5. The van der Waals surface area contributed by atoms with Crippen molar-refractivity contribution in [2.75, 3.05) is 5.32 Å². The smallest absolute Gasteiger partial charge is 0.248 e. The van der Waals surface area contributed by atoms with Gasteiger partial charge in [-0.2, -0.15) is 0 Å². The van der Waals surface area contributed by atoms with Gasteiger partial charge < -0.3 is 11.1 Å². The molecule has 1 amide bonds. The van der Waals surface area contributed by atoms with Gasteiger partial charge in [0.15, 0.2) is 0 Å². The number of halogens is 2. The summed E-state index contributed by atoms with van der Waals surface area (Å²) in [7, 11) is 0. The molecule has 3 N–H and O–H groups in total. The molecule has 4 aromatic carbocycles. The van der Waals surface area contributed by atoms with Crippen LogP contribution >= 0.6 is 23.2 Å². The minimum absolute atomic E-state index is 0.0293. The molecule has 0 bridgehead atoms. The van der Waals surface area contributed by atoms with Gasteiger partial charge in [0.2, 0.25) is 5.91 Å². The fraction of sp³-hybridized carbons (Fsp3) is 0.0690. The Balaban J connectivity index is 1.52. The Morgan fingerprint density at radius 1 is 0.778 bits per heavy atom. The fourth-order valence-electron chi connectivity index (χ4n) is 4.26. The zero-order valence-electron chi connectivity index (χ0n) is 19.2. The van der Waals surface area contributed by atoms with E-state index >= 15 is 0 Å². The van der Waals surface area contributed by atoms with Crippen LogP contribution in [0.1, 0.15) is 38.5 Å². The van der Waals surface area contributed by atoms with Crippen LogP contribution in [0.4, 0.5) is 5.82 Å². The third kappa shape index (κ3) is 5.18. The van der Waals surface area contributed by atoms with Crippen LogP contribution < -0.4 is 11.1 Å². The molecule has 5 nitrogen and oxygen atoms in total. The summed E-state index contributed by atoms with van der Waals surface area (Å²) in [6.45, 7) is 0.535. The lowest BCUT2D eigenvalue weighted by atomic mass is 9.85. The van der Waals surface area contributed by atoms with Crippen LogP contribution in [0.15, 0.2) is 97.3 Å². The Hall–Kier alpha value is -3.93. The number of nitrogens with zero attached hydrogens (tertiary/aromatic N) is 2. The van der Waals surface area contributed by atoms with Crippen LogP contribution in [-0.2, 0) is 6.54 Å². The normalized spacial score (nSPS) is 11.1. The summed E-state index contributed by atoms with van der Waals surface area (Å²) in [6, 6.07) is 29.2. The lowest BCUT2D eigenvalue weighted by Gasteiger charge is -2.20. The number of fused-ring (bicyclic) bond motifs is 1. The quantitative estimate of drug-likeness (QED) is 0.234. The lowest BCUT2D eigenvalue weighted by Crippen LogP contribution is -2.11. The maximum atomic E-state index is 11.3. The number of rotatable bonds is 7. The van der Waals surface area contributed by atoms with Crippen LogP contribution in [0.5, 0.6) is 0 Å². The van der Waals surface area contributed by atoms with Gasteiger partial charge >= 0.3 is 0 Å². The summed E-state index contributed by atoms with van der Waals surface area (Å²) < 4.78 is 0. The van der Waals surface area contributed by atoms with E-state index in [-0.39, 0.29) is 5.92 Å². The van der Waals surface area contributed by atoms with E-state index in [2.05, 4.69) is 27.4 Å².